The Morgan fingerprint density at radius 1 is 1.07 bits per heavy atom. The number of carbonyl (C=O) groups is 5. The average Bonchev–Trinajstić information content (AvgIpc) is 3.40. The molecule has 0 spiro atoms. The molecular formula is C22H24N2O6. The molecule has 2 bridgehead atoms. The van der Waals surface area contributed by atoms with Crippen molar-refractivity contribution in [3.63, 3.8) is 0 Å². The number of amides is 3. The van der Waals surface area contributed by atoms with Crippen LogP contribution in [-0.4, -0.2) is 47.0 Å². The number of ether oxygens (including phenoxy) is 1. The molecule has 0 radical (unpaired) electrons. The third kappa shape index (κ3) is 3.40. The van der Waals surface area contributed by atoms with Crippen molar-refractivity contribution in [2.45, 2.75) is 39.2 Å². The van der Waals surface area contributed by atoms with Crippen molar-refractivity contribution in [2.24, 2.45) is 23.7 Å². The Balaban J connectivity index is 1.31. The highest BCUT2D eigenvalue weighted by atomic mass is 16.5. The molecule has 1 aromatic rings. The topological polar surface area (TPSA) is 110 Å². The van der Waals surface area contributed by atoms with Crippen LogP contribution in [0.25, 0.3) is 0 Å². The zero-order valence-electron chi connectivity index (χ0n) is 16.9. The Hall–Kier alpha value is -3.03. The maximum atomic E-state index is 12.8. The standard InChI is InChI=1S/C22H24N2O6/c1-11(24-20(27)18-14-3-4-15(9-14)19(18)21(24)28)22(29)30-10-17(26)23-16-7-5-13(6-8-16)12(2)25/h5-8,11,14-15,18-19H,3-4,9-10H2,1-2H3,(H,23,26)/t11-,14-,15-,18-,19+/m0/s1. The summed E-state index contributed by atoms with van der Waals surface area (Å²) in [5.74, 6) is -2.10. The molecule has 30 heavy (non-hydrogen) atoms. The van der Waals surface area contributed by atoms with Crippen LogP contribution in [0, 0.1) is 23.7 Å². The first kappa shape index (κ1) is 20.3. The molecule has 4 rings (SSSR count). The van der Waals surface area contributed by atoms with Crippen molar-refractivity contribution in [3.8, 4) is 0 Å². The van der Waals surface area contributed by atoms with Gasteiger partial charge in [0.25, 0.3) is 5.91 Å². The number of Topliss-reactive ketones (excluding diaryl/α,β-unsaturated/α-hetero) is 1. The number of ketones is 1. The number of carbonyl (C=O) groups excluding carboxylic acids is 5. The molecule has 0 aromatic heterocycles. The van der Waals surface area contributed by atoms with Crippen molar-refractivity contribution in [1.29, 1.82) is 0 Å². The van der Waals surface area contributed by atoms with Gasteiger partial charge in [-0.2, -0.15) is 0 Å². The highest BCUT2D eigenvalue weighted by Crippen LogP contribution is 2.56. The molecule has 3 fully saturated rings. The van der Waals surface area contributed by atoms with Crippen LogP contribution in [0.15, 0.2) is 24.3 Å². The summed E-state index contributed by atoms with van der Waals surface area (Å²) in [6.45, 7) is 2.37. The Morgan fingerprint density at radius 3 is 2.17 bits per heavy atom. The summed E-state index contributed by atoms with van der Waals surface area (Å²) in [5.41, 5.74) is 0.980. The van der Waals surface area contributed by atoms with E-state index in [0.717, 1.165) is 24.2 Å². The fourth-order valence-corrected chi connectivity index (χ4v) is 5.16. The number of likely N-dealkylation sites (tertiary alicyclic amines) is 1. The predicted molar refractivity (Wildman–Crippen MR) is 105 cm³/mol. The van der Waals surface area contributed by atoms with Gasteiger partial charge in [0.15, 0.2) is 12.4 Å². The minimum absolute atomic E-state index is 0.0843. The Bertz CT molecular complexity index is 896. The minimum atomic E-state index is -1.06. The second-order valence-electron chi connectivity index (χ2n) is 8.40. The number of esters is 1. The van der Waals surface area contributed by atoms with E-state index in [9.17, 15) is 24.0 Å². The first-order chi connectivity index (χ1) is 14.3. The summed E-state index contributed by atoms with van der Waals surface area (Å²) in [5, 5.41) is 2.57. The summed E-state index contributed by atoms with van der Waals surface area (Å²) in [4.78, 5) is 62.4. The van der Waals surface area contributed by atoms with Crippen LogP contribution in [-0.2, 0) is 23.9 Å². The zero-order valence-corrected chi connectivity index (χ0v) is 16.9. The lowest BCUT2D eigenvalue weighted by Crippen LogP contribution is -2.45. The number of imide groups is 1. The highest BCUT2D eigenvalue weighted by Gasteiger charge is 2.62. The van der Waals surface area contributed by atoms with Gasteiger partial charge in [-0.3, -0.25) is 24.1 Å². The van der Waals surface area contributed by atoms with Crippen LogP contribution in [0.1, 0.15) is 43.5 Å². The summed E-state index contributed by atoms with van der Waals surface area (Å²) in [7, 11) is 0. The third-order valence-corrected chi connectivity index (χ3v) is 6.61. The smallest absolute Gasteiger partial charge is 0.329 e. The number of anilines is 1. The van der Waals surface area contributed by atoms with Gasteiger partial charge in [0.05, 0.1) is 11.8 Å². The van der Waals surface area contributed by atoms with E-state index < -0.39 is 24.5 Å². The summed E-state index contributed by atoms with van der Waals surface area (Å²) in [6, 6.07) is 5.26. The molecule has 8 nitrogen and oxygen atoms in total. The van der Waals surface area contributed by atoms with E-state index in [1.54, 1.807) is 24.3 Å². The van der Waals surface area contributed by atoms with Crippen LogP contribution < -0.4 is 5.32 Å². The quantitative estimate of drug-likeness (QED) is 0.433. The van der Waals surface area contributed by atoms with E-state index in [2.05, 4.69) is 5.32 Å². The molecule has 3 aliphatic rings. The molecule has 1 aromatic carbocycles. The van der Waals surface area contributed by atoms with Crippen LogP contribution in [0.3, 0.4) is 0 Å². The van der Waals surface area contributed by atoms with Gasteiger partial charge in [-0.1, -0.05) is 0 Å². The second kappa shape index (κ2) is 7.66. The average molecular weight is 412 g/mol. The van der Waals surface area contributed by atoms with Gasteiger partial charge >= 0.3 is 5.97 Å². The van der Waals surface area contributed by atoms with Crippen LogP contribution >= 0.6 is 0 Å². The maximum Gasteiger partial charge on any atom is 0.329 e. The van der Waals surface area contributed by atoms with Gasteiger partial charge in [-0.25, -0.2) is 4.79 Å². The number of fused-ring (bicyclic) bond motifs is 5. The number of nitrogens with zero attached hydrogens (tertiary/aromatic N) is 1. The highest BCUT2D eigenvalue weighted by molar-refractivity contribution is 6.08. The summed E-state index contributed by atoms with van der Waals surface area (Å²) >= 11 is 0. The van der Waals surface area contributed by atoms with Gasteiger partial charge in [-0.15, -0.1) is 0 Å². The van der Waals surface area contributed by atoms with Crippen LogP contribution in [0.2, 0.25) is 0 Å². The predicted octanol–water partition coefficient (Wildman–Crippen LogP) is 1.79. The van der Waals surface area contributed by atoms with E-state index in [-0.39, 0.29) is 41.3 Å². The molecular weight excluding hydrogens is 388 g/mol. The molecule has 3 amide bonds. The molecule has 1 aliphatic heterocycles. The lowest BCUT2D eigenvalue weighted by Gasteiger charge is -2.23. The van der Waals surface area contributed by atoms with E-state index >= 15 is 0 Å². The monoisotopic (exact) mass is 412 g/mol. The Kier molecular flexibility index (Phi) is 5.17. The lowest BCUT2D eigenvalue weighted by molar-refractivity contribution is -0.159. The number of hydrogen-bond donors (Lipinski definition) is 1. The maximum absolute atomic E-state index is 12.8. The minimum Gasteiger partial charge on any atom is -0.454 e. The van der Waals surface area contributed by atoms with Crippen molar-refractivity contribution in [2.75, 3.05) is 11.9 Å². The molecule has 1 N–H and O–H groups in total. The normalized spacial score (nSPS) is 27.7. The zero-order chi connectivity index (χ0) is 21.6. The summed E-state index contributed by atoms with van der Waals surface area (Å²) < 4.78 is 5.05. The molecule has 158 valence electrons. The molecule has 8 heteroatoms. The van der Waals surface area contributed by atoms with Gasteiger partial charge in [0, 0.05) is 11.3 Å². The van der Waals surface area contributed by atoms with E-state index in [0.29, 0.717) is 11.3 Å². The van der Waals surface area contributed by atoms with Crippen molar-refractivity contribution < 1.29 is 28.7 Å². The molecule has 1 saturated heterocycles. The number of rotatable bonds is 6. The van der Waals surface area contributed by atoms with E-state index in [4.69, 9.17) is 4.74 Å². The molecule has 0 unspecified atom stereocenters. The van der Waals surface area contributed by atoms with Crippen molar-refractivity contribution >= 4 is 35.2 Å². The van der Waals surface area contributed by atoms with Gasteiger partial charge < -0.3 is 10.1 Å². The molecule has 2 saturated carbocycles. The largest absolute Gasteiger partial charge is 0.454 e. The number of benzene rings is 1. The van der Waals surface area contributed by atoms with Crippen LogP contribution in [0.5, 0.6) is 0 Å². The van der Waals surface area contributed by atoms with Gasteiger partial charge in [-0.05, 0) is 69.2 Å². The SMILES string of the molecule is CC(=O)c1ccc(NC(=O)COC(=O)[C@H](C)N2C(=O)[C@@H]3[C@H]4CC[C@@H](C4)[C@@H]3C2=O)cc1. The molecule has 2 aliphatic carbocycles. The fraction of sp³-hybridized carbons (Fsp3) is 0.500. The second-order valence-corrected chi connectivity index (χ2v) is 8.40. The first-order valence-corrected chi connectivity index (χ1v) is 10.2. The lowest BCUT2D eigenvalue weighted by atomic mass is 9.81. The van der Waals surface area contributed by atoms with Crippen molar-refractivity contribution in [1.82, 2.24) is 4.90 Å². The Morgan fingerprint density at radius 2 is 1.63 bits per heavy atom. The van der Waals surface area contributed by atoms with E-state index in [1.165, 1.54) is 13.8 Å². The fourth-order valence-electron chi connectivity index (χ4n) is 5.16. The summed E-state index contributed by atoms with van der Waals surface area (Å²) in [6.07, 6.45) is 2.85. The van der Waals surface area contributed by atoms with Crippen LogP contribution in [0.4, 0.5) is 5.69 Å². The number of nitrogens with one attached hydrogen (secondary N) is 1. The number of hydrogen-bond acceptors (Lipinski definition) is 6. The first-order valence-electron chi connectivity index (χ1n) is 10.2. The van der Waals surface area contributed by atoms with Crippen molar-refractivity contribution in [3.05, 3.63) is 29.8 Å². The molecule has 5 atom stereocenters. The van der Waals surface area contributed by atoms with E-state index in [1.807, 2.05) is 0 Å². The van der Waals surface area contributed by atoms with Gasteiger partial charge in [0.2, 0.25) is 11.8 Å². The third-order valence-electron chi connectivity index (χ3n) is 6.61. The van der Waals surface area contributed by atoms with Gasteiger partial charge in [0.1, 0.15) is 6.04 Å². The molecule has 1 heterocycles. The Labute approximate surface area is 173 Å².